The van der Waals surface area contributed by atoms with Crippen LogP contribution in [0, 0.1) is 0 Å². The minimum Gasteiger partial charge on any atom is -0.463 e. The molecule has 0 aromatic heterocycles. The van der Waals surface area contributed by atoms with Crippen LogP contribution in [0.25, 0.3) is 0 Å². The smallest absolute Gasteiger partial charge is 0.302 e. The van der Waals surface area contributed by atoms with Gasteiger partial charge in [-0.15, -0.1) is 0 Å². The van der Waals surface area contributed by atoms with Gasteiger partial charge in [-0.25, -0.2) is 0 Å². The van der Waals surface area contributed by atoms with Crippen molar-refractivity contribution in [1.29, 1.82) is 0 Å². The molecule has 0 N–H and O–H groups in total. The van der Waals surface area contributed by atoms with Crippen LogP contribution in [0.3, 0.4) is 0 Å². The number of carbonyl (C=O) groups is 1. The summed E-state index contributed by atoms with van der Waals surface area (Å²) >= 11 is 0. The maximum atomic E-state index is 10.8. The molecule has 0 spiro atoms. The van der Waals surface area contributed by atoms with E-state index in [0.717, 1.165) is 6.42 Å². The van der Waals surface area contributed by atoms with Gasteiger partial charge in [-0.2, -0.15) is 0 Å². The van der Waals surface area contributed by atoms with Crippen LogP contribution in [0.5, 0.6) is 0 Å². The normalized spacial score (nSPS) is 12.7. The summed E-state index contributed by atoms with van der Waals surface area (Å²) in [5, 5.41) is 0. The van der Waals surface area contributed by atoms with Crippen molar-refractivity contribution in [3.8, 4) is 0 Å². The molecule has 0 rings (SSSR count). The summed E-state index contributed by atoms with van der Waals surface area (Å²) in [5.74, 6) is -0.161. The number of ether oxygens (including phenoxy) is 1. The quantitative estimate of drug-likeness (QED) is 0.217. The summed E-state index contributed by atoms with van der Waals surface area (Å²) in [4.78, 5) is 10.8. The molecule has 21 heavy (non-hydrogen) atoms. The Morgan fingerprint density at radius 1 is 0.905 bits per heavy atom. The van der Waals surface area contributed by atoms with E-state index in [1.54, 1.807) is 0 Å². The molecule has 0 aromatic carbocycles. The van der Waals surface area contributed by atoms with E-state index in [9.17, 15) is 4.79 Å². The van der Waals surface area contributed by atoms with Crippen molar-refractivity contribution in [1.82, 2.24) is 0 Å². The minimum absolute atomic E-state index is 0.0852. The number of hydrogen-bond donors (Lipinski definition) is 0. The number of rotatable bonds is 14. The van der Waals surface area contributed by atoms with Crippen molar-refractivity contribution in [2.24, 2.45) is 0 Å². The van der Waals surface area contributed by atoms with Gasteiger partial charge >= 0.3 is 5.97 Å². The van der Waals surface area contributed by atoms with Crippen molar-refractivity contribution < 1.29 is 9.53 Å². The van der Waals surface area contributed by atoms with Gasteiger partial charge in [0.2, 0.25) is 0 Å². The van der Waals surface area contributed by atoms with Gasteiger partial charge in [-0.3, -0.25) is 4.79 Å². The molecule has 0 aliphatic carbocycles. The lowest BCUT2D eigenvalue weighted by atomic mass is 10.1. The van der Waals surface area contributed by atoms with Gasteiger partial charge in [0, 0.05) is 6.92 Å². The third kappa shape index (κ3) is 17.2. The fraction of sp³-hybridized carbons (Fsp3) is 0.842. The van der Waals surface area contributed by atoms with Crippen LogP contribution in [0.1, 0.15) is 97.8 Å². The Balaban J connectivity index is 3.15. The fourth-order valence-corrected chi connectivity index (χ4v) is 2.48. The molecule has 0 heterocycles. The maximum Gasteiger partial charge on any atom is 0.302 e. The summed E-state index contributed by atoms with van der Waals surface area (Å²) in [6.07, 6.45) is 20.1. The summed E-state index contributed by atoms with van der Waals surface area (Å²) in [5.41, 5.74) is 0. The van der Waals surface area contributed by atoms with E-state index in [-0.39, 0.29) is 12.1 Å². The van der Waals surface area contributed by atoms with E-state index >= 15 is 0 Å². The molecule has 0 saturated carbocycles. The van der Waals surface area contributed by atoms with Gasteiger partial charge in [-0.05, 0) is 39.0 Å². The molecule has 0 aliphatic rings. The molecule has 0 amide bonds. The van der Waals surface area contributed by atoms with Crippen LogP contribution >= 0.6 is 0 Å². The minimum atomic E-state index is -0.161. The fourth-order valence-electron chi connectivity index (χ4n) is 2.48. The molecule has 0 aromatic rings. The van der Waals surface area contributed by atoms with Gasteiger partial charge in [0.05, 0.1) is 6.10 Å². The highest BCUT2D eigenvalue weighted by Crippen LogP contribution is 2.12. The maximum absolute atomic E-state index is 10.8. The molecule has 2 nitrogen and oxygen atoms in total. The predicted octanol–water partition coefficient (Wildman–Crippen LogP) is 6.20. The first-order valence-corrected chi connectivity index (χ1v) is 8.99. The second-order valence-corrected chi connectivity index (χ2v) is 6.09. The highest BCUT2D eigenvalue weighted by molar-refractivity contribution is 5.66. The monoisotopic (exact) mass is 296 g/mol. The molecule has 0 bridgehead atoms. The zero-order chi connectivity index (χ0) is 15.8. The zero-order valence-corrected chi connectivity index (χ0v) is 14.5. The molecule has 1 atom stereocenters. The third-order valence-corrected chi connectivity index (χ3v) is 3.74. The molecule has 0 fully saturated rings. The van der Waals surface area contributed by atoms with Crippen LogP contribution in [0.15, 0.2) is 12.2 Å². The van der Waals surface area contributed by atoms with Gasteiger partial charge in [0.25, 0.3) is 0 Å². The first-order chi connectivity index (χ1) is 10.2. The molecule has 0 saturated heterocycles. The average Bonchev–Trinajstić information content (AvgIpc) is 2.43. The van der Waals surface area contributed by atoms with E-state index in [2.05, 4.69) is 19.1 Å². The van der Waals surface area contributed by atoms with Crippen LogP contribution in [0.4, 0.5) is 0 Å². The van der Waals surface area contributed by atoms with Crippen LogP contribution < -0.4 is 0 Å². The van der Waals surface area contributed by atoms with Gasteiger partial charge in [0.1, 0.15) is 0 Å². The van der Waals surface area contributed by atoms with E-state index in [4.69, 9.17) is 4.74 Å². The summed E-state index contributed by atoms with van der Waals surface area (Å²) in [6, 6.07) is 0. The SMILES string of the molecule is CCCC/C=C\CCCCCCCCCC(C)OC(C)=O. The Kier molecular flexibility index (Phi) is 15.0. The van der Waals surface area contributed by atoms with Crippen molar-refractivity contribution in [3.63, 3.8) is 0 Å². The van der Waals surface area contributed by atoms with Gasteiger partial charge in [-0.1, -0.05) is 64.0 Å². The standard InChI is InChI=1S/C19H36O2/c1-4-5-6-7-8-9-10-11-12-13-14-15-16-17-18(2)21-19(3)20/h7-8,18H,4-6,9-17H2,1-3H3/b8-7-. The van der Waals surface area contributed by atoms with Crippen molar-refractivity contribution in [2.45, 2.75) is 104 Å². The van der Waals surface area contributed by atoms with Crippen molar-refractivity contribution in [2.75, 3.05) is 0 Å². The highest BCUT2D eigenvalue weighted by atomic mass is 16.5. The van der Waals surface area contributed by atoms with Crippen LogP contribution in [-0.4, -0.2) is 12.1 Å². The van der Waals surface area contributed by atoms with Gasteiger partial charge in [0.15, 0.2) is 0 Å². The first kappa shape index (κ1) is 20.2. The van der Waals surface area contributed by atoms with E-state index < -0.39 is 0 Å². The Morgan fingerprint density at radius 2 is 1.43 bits per heavy atom. The Labute approximate surface area is 132 Å². The van der Waals surface area contributed by atoms with E-state index in [1.165, 1.54) is 77.6 Å². The number of esters is 1. The van der Waals surface area contributed by atoms with Crippen LogP contribution in [0.2, 0.25) is 0 Å². The predicted molar refractivity (Wildman–Crippen MR) is 91.4 cm³/mol. The number of allylic oxidation sites excluding steroid dienone is 2. The second kappa shape index (κ2) is 15.6. The Hall–Kier alpha value is -0.790. The third-order valence-electron chi connectivity index (χ3n) is 3.74. The number of hydrogen-bond acceptors (Lipinski definition) is 2. The van der Waals surface area contributed by atoms with Crippen LogP contribution in [-0.2, 0) is 9.53 Å². The van der Waals surface area contributed by atoms with E-state index in [0.29, 0.717) is 0 Å². The molecular weight excluding hydrogens is 260 g/mol. The van der Waals surface area contributed by atoms with E-state index in [1.807, 2.05) is 6.92 Å². The Bertz CT molecular complexity index is 258. The lowest BCUT2D eigenvalue weighted by Gasteiger charge is -2.11. The largest absolute Gasteiger partial charge is 0.463 e. The van der Waals surface area contributed by atoms with Crippen molar-refractivity contribution >= 4 is 5.97 Å². The summed E-state index contributed by atoms with van der Waals surface area (Å²) < 4.78 is 5.11. The second-order valence-electron chi connectivity index (χ2n) is 6.09. The molecule has 124 valence electrons. The Morgan fingerprint density at radius 3 is 2.00 bits per heavy atom. The first-order valence-electron chi connectivity index (χ1n) is 8.99. The highest BCUT2D eigenvalue weighted by Gasteiger charge is 2.04. The molecule has 0 aliphatic heterocycles. The average molecular weight is 296 g/mol. The van der Waals surface area contributed by atoms with Crippen molar-refractivity contribution in [3.05, 3.63) is 12.2 Å². The molecule has 0 radical (unpaired) electrons. The van der Waals surface area contributed by atoms with Gasteiger partial charge < -0.3 is 4.74 Å². The number of unbranched alkanes of at least 4 members (excludes halogenated alkanes) is 9. The lowest BCUT2D eigenvalue weighted by molar-refractivity contribution is -0.145. The summed E-state index contributed by atoms with van der Waals surface area (Å²) in [7, 11) is 0. The lowest BCUT2D eigenvalue weighted by Crippen LogP contribution is -2.11. The number of carbonyl (C=O) groups excluding carboxylic acids is 1. The topological polar surface area (TPSA) is 26.3 Å². The molecular formula is C19H36O2. The molecule has 2 heteroatoms. The summed E-state index contributed by atoms with van der Waals surface area (Å²) in [6.45, 7) is 5.70. The zero-order valence-electron chi connectivity index (χ0n) is 14.5. The molecule has 1 unspecified atom stereocenters.